The number of rotatable bonds is 8. The van der Waals surface area contributed by atoms with E-state index in [1.54, 1.807) is 18.2 Å². The van der Waals surface area contributed by atoms with Crippen LogP contribution in [0.1, 0.15) is 10.4 Å². The molecule has 8 heteroatoms. The Bertz CT molecular complexity index is 765. The van der Waals surface area contributed by atoms with Gasteiger partial charge < -0.3 is 20.5 Å². The Balaban J connectivity index is 1.97. The van der Waals surface area contributed by atoms with Gasteiger partial charge in [0.25, 0.3) is 5.91 Å². The van der Waals surface area contributed by atoms with Crippen LogP contribution in [0.15, 0.2) is 60.4 Å². The van der Waals surface area contributed by atoms with E-state index in [-0.39, 0.29) is 18.9 Å². The topological polar surface area (TPSA) is 73.6 Å². The molecular weight excluding hydrogens is 349 g/mol. The number of halogens is 3. The Kier molecular flexibility index (Phi) is 7.04. The molecule has 0 spiro atoms. The smallest absolute Gasteiger partial charge is 0.387 e. The maximum absolute atomic E-state index is 12.4. The van der Waals surface area contributed by atoms with Gasteiger partial charge in [-0.3, -0.25) is 4.79 Å². The molecule has 0 saturated heterocycles. The van der Waals surface area contributed by atoms with E-state index >= 15 is 0 Å². The van der Waals surface area contributed by atoms with Crippen molar-refractivity contribution >= 4 is 11.6 Å². The zero-order valence-electron chi connectivity index (χ0n) is 13.6. The first-order chi connectivity index (χ1) is 12.5. The molecule has 2 aromatic rings. The number of amides is 1. The molecule has 0 unspecified atom stereocenters. The quantitative estimate of drug-likeness (QED) is 0.747. The lowest BCUT2D eigenvalue weighted by Gasteiger charge is -2.10. The molecule has 0 aliphatic rings. The molecule has 0 aliphatic carbocycles. The monoisotopic (exact) mass is 366 g/mol. The SMILES string of the molecule is NC/C(=C/F)COc1ccc(C(=O)Nc2cccc(OC(F)F)c2)cc1. The first kappa shape index (κ1) is 19.3. The van der Waals surface area contributed by atoms with Crippen LogP contribution in [0.25, 0.3) is 0 Å². The van der Waals surface area contributed by atoms with Crippen LogP contribution in [-0.2, 0) is 0 Å². The van der Waals surface area contributed by atoms with Gasteiger partial charge in [-0.1, -0.05) is 6.07 Å². The summed E-state index contributed by atoms with van der Waals surface area (Å²) in [7, 11) is 0. The third-order valence-electron chi connectivity index (χ3n) is 3.27. The number of alkyl halides is 2. The lowest BCUT2D eigenvalue weighted by Crippen LogP contribution is -2.12. The maximum atomic E-state index is 12.4. The molecule has 0 radical (unpaired) electrons. The van der Waals surface area contributed by atoms with E-state index in [2.05, 4.69) is 10.1 Å². The average molecular weight is 366 g/mol. The number of hydrogen-bond acceptors (Lipinski definition) is 4. The summed E-state index contributed by atoms with van der Waals surface area (Å²) in [5, 5.41) is 2.58. The summed E-state index contributed by atoms with van der Waals surface area (Å²) >= 11 is 0. The van der Waals surface area contributed by atoms with Gasteiger partial charge in [-0.2, -0.15) is 8.78 Å². The highest BCUT2D eigenvalue weighted by molar-refractivity contribution is 6.04. The molecule has 0 bridgehead atoms. The van der Waals surface area contributed by atoms with Crippen LogP contribution in [0.5, 0.6) is 11.5 Å². The van der Waals surface area contributed by atoms with Crippen LogP contribution in [0.3, 0.4) is 0 Å². The molecule has 2 rings (SSSR count). The van der Waals surface area contributed by atoms with Gasteiger partial charge in [-0.05, 0) is 36.4 Å². The first-order valence-electron chi connectivity index (χ1n) is 7.59. The number of anilines is 1. The van der Waals surface area contributed by atoms with Crippen molar-refractivity contribution in [2.75, 3.05) is 18.5 Å². The fraction of sp³-hybridized carbons (Fsp3) is 0.167. The summed E-state index contributed by atoms with van der Waals surface area (Å²) in [6, 6.07) is 11.8. The van der Waals surface area contributed by atoms with Gasteiger partial charge in [0.1, 0.15) is 18.1 Å². The highest BCUT2D eigenvalue weighted by Crippen LogP contribution is 2.20. The van der Waals surface area contributed by atoms with Gasteiger partial charge in [0.2, 0.25) is 0 Å². The van der Waals surface area contributed by atoms with Crippen LogP contribution in [0, 0.1) is 0 Å². The van der Waals surface area contributed by atoms with Gasteiger partial charge in [0.05, 0.1) is 6.33 Å². The number of carbonyl (C=O) groups excluding carboxylic acids is 1. The van der Waals surface area contributed by atoms with Gasteiger partial charge in [-0.25, -0.2) is 4.39 Å². The number of benzene rings is 2. The third kappa shape index (κ3) is 5.82. The highest BCUT2D eigenvalue weighted by atomic mass is 19.3. The normalized spacial score (nSPS) is 11.3. The Morgan fingerprint density at radius 1 is 1.15 bits per heavy atom. The fourth-order valence-corrected chi connectivity index (χ4v) is 1.97. The molecule has 0 aromatic heterocycles. The van der Waals surface area contributed by atoms with E-state index in [1.165, 1.54) is 30.3 Å². The molecule has 0 fully saturated rings. The van der Waals surface area contributed by atoms with E-state index in [0.717, 1.165) is 0 Å². The number of hydrogen-bond donors (Lipinski definition) is 2. The molecule has 0 atom stereocenters. The van der Waals surface area contributed by atoms with Crippen molar-refractivity contribution in [3.63, 3.8) is 0 Å². The van der Waals surface area contributed by atoms with Crippen molar-refractivity contribution in [2.24, 2.45) is 5.73 Å². The molecule has 5 nitrogen and oxygen atoms in total. The zero-order valence-corrected chi connectivity index (χ0v) is 13.6. The van der Waals surface area contributed by atoms with Gasteiger partial charge >= 0.3 is 6.61 Å². The van der Waals surface area contributed by atoms with E-state index in [4.69, 9.17) is 10.5 Å². The van der Waals surface area contributed by atoms with Crippen LogP contribution in [0.2, 0.25) is 0 Å². The Labute approximate surface area is 148 Å². The first-order valence-corrected chi connectivity index (χ1v) is 7.59. The van der Waals surface area contributed by atoms with Crippen molar-refractivity contribution in [3.8, 4) is 11.5 Å². The second-order valence-corrected chi connectivity index (χ2v) is 5.14. The minimum absolute atomic E-state index is 0.00940. The molecule has 0 aliphatic heterocycles. The predicted molar refractivity (Wildman–Crippen MR) is 91.2 cm³/mol. The van der Waals surface area contributed by atoms with Crippen molar-refractivity contribution in [1.82, 2.24) is 0 Å². The number of nitrogens with one attached hydrogen (secondary N) is 1. The average Bonchev–Trinajstić information content (AvgIpc) is 2.63. The number of carbonyl (C=O) groups is 1. The largest absolute Gasteiger partial charge is 0.489 e. The van der Waals surface area contributed by atoms with Gasteiger partial charge in [-0.15, -0.1) is 0 Å². The minimum Gasteiger partial charge on any atom is -0.489 e. The molecule has 138 valence electrons. The highest BCUT2D eigenvalue weighted by Gasteiger charge is 2.09. The van der Waals surface area contributed by atoms with Crippen LogP contribution in [-0.4, -0.2) is 25.7 Å². The summed E-state index contributed by atoms with van der Waals surface area (Å²) in [5.41, 5.74) is 6.28. The third-order valence-corrected chi connectivity index (χ3v) is 3.27. The molecule has 1 amide bonds. The van der Waals surface area contributed by atoms with E-state index in [9.17, 15) is 18.0 Å². The van der Waals surface area contributed by atoms with Crippen LogP contribution >= 0.6 is 0 Å². The second-order valence-electron chi connectivity index (χ2n) is 5.14. The van der Waals surface area contributed by atoms with E-state index < -0.39 is 12.5 Å². The second kappa shape index (κ2) is 9.47. The summed E-state index contributed by atoms with van der Waals surface area (Å²) in [5.74, 6) is -0.0445. The van der Waals surface area contributed by atoms with Crippen molar-refractivity contribution in [1.29, 1.82) is 0 Å². The lowest BCUT2D eigenvalue weighted by atomic mass is 10.2. The van der Waals surface area contributed by atoms with Crippen LogP contribution in [0.4, 0.5) is 18.9 Å². The Morgan fingerprint density at radius 2 is 1.88 bits per heavy atom. The zero-order chi connectivity index (χ0) is 18.9. The molecular formula is C18H17F3N2O3. The Morgan fingerprint density at radius 3 is 2.50 bits per heavy atom. The van der Waals surface area contributed by atoms with Gasteiger partial charge in [0, 0.05) is 29.4 Å². The standard InChI is InChI=1S/C18H17F3N2O3/c19-9-12(10-22)11-25-15-6-4-13(5-7-15)17(24)23-14-2-1-3-16(8-14)26-18(20)21/h1-9,18H,10-11,22H2,(H,23,24)/b12-9-. The lowest BCUT2D eigenvalue weighted by molar-refractivity contribution is -0.0497. The fourth-order valence-electron chi connectivity index (χ4n) is 1.97. The number of ether oxygens (including phenoxy) is 2. The van der Waals surface area contributed by atoms with Crippen LogP contribution < -0.4 is 20.5 Å². The summed E-state index contributed by atoms with van der Waals surface area (Å²) < 4.78 is 46.5. The summed E-state index contributed by atoms with van der Waals surface area (Å²) in [6.45, 7) is -2.89. The summed E-state index contributed by atoms with van der Waals surface area (Å²) in [4.78, 5) is 12.2. The van der Waals surface area contributed by atoms with E-state index in [1.807, 2.05) is 0 Å². The molecule has 2 aromatic carbocycles. The van der Waals surface area contributed by atoms with Gasteiger partial charge in [0.15, 0.2) is 0 Å². The number of nitrogens with two attached hydrogens (primary N) is 1. The summed E-state index contributed by atoms with van der Waals surface area (Å²) in [6.07, 6.45) is 0.397. The maximum Gasteiger partial charge on any atom is 0.387 e. The molecule has 0 saturated carbocycles. The molecule has 0 heterocycles. The predicted octanol–water partition coefficient (Wildman–Crippen LogP) is 3.73. The Hall–Kier alpha value is -3.00. The minimum atomic E-state index is -2.94. The van der Waals surface area contributed by atoms with Crippen molar-refractivity contribution < 1.29 is 27.4 Å². The molecule has 3 N–H and O–H groups in total. The van der Waals surface area contributed by atoms with E-state index in [0.29, 0.717) is 28.9 Å². The van der Waals surface area contributed by atoms with Crippen molar-refractivity contribution in [2.45, 2.75) is 6.61 Å². The molecule has 26 heavy (non-hydrogen) atoms. The van der Waals surface area contributed by atoms with Crippen molar-refractivity contribution in [3.05, 3.63) is 66.0 Å².